The standard InChI is InChI=1S/2C22H27NO2.H2O4S/c2*1-23-19(15-21(24)17-9-4-2-5-10-17)13-8-14-20(23)16-22(25)18-11-6-3-7-12-18;1-5(2,3)4/h2*2-7,9-12,19-21,24H,8,13-16H2,1H3;(H2,1,2,3,4). The van der Waals surface area contributed by atoms with Gasteiger partial charge in [-0.15, -0.1) is 0 Å². The zero-order valence-electron chi connectivity index (χ0n) is 31.8. The van der Waals surface area contributed by atoms with Crippen LogP contribution in [0.1, 0.15) is 108 Å². The summed E-state index contributed by atoms with van der Waals surface area (Å²) >= 11 is 0. The van der Waals surface area contributed by atoms with Crippen LogP contribution >= 0.6 is 0 Å². The Morgan fingerprint density at radius 3 is 1.13 bits per heavy atom. The van der Waals surface area contributed by atoms with Gasteiger partial charge in [-0.25, -0.2) is 0 Å². The van der Waals surface area contributed by atoms with Crippen LogP contribution in [0.15, 0.2) is 121 Å². The summed E-state index contributed by atoms with van der Waals surface area (Å²) in [4.78, 5) is 29.7. The molecular weight excluding hydrogens is 717 g/mol. The molecule has 2 saturated heterocycles. The molecule has 0 radical (unpaired) electrons. The van der Waals surface area contributed by atoms with E-state index in [0.717, 1.165) is 73.6 Å². The van der Waals surface area contributed by atoms with E-state index < -0.39 is 22.6 Å². The van der Waals surface area contributed by atoms with Crippen molar-refractivity contribution in [2.24, 2.45) is 0 Å². The van der Waals surface area contributed by atoms with E-state index in [1.54, 1.807) is 0 Å². The Kier molecular flexibility index (Phi) is 17.4. The summed E-state index contributed by atoms with van der Waals surface area (Å²) in [5.74, 6) is 0.420. The summed E-state index contributed by atoms with van der Waals surface area (Å²) in [6, 6.07) is 39.9. The molecule has 55 heavy (non-hydrogen) atoms. The molecular formula is C44H56N2O8S. The molecule has 0 saturated carbocycles. The van der Waals surface area contributed by atoms with Crippen molar-refractivity contribution >= 4 is 22.0 Å². The third kappa shape index (κ3) is 14.8. The van der Waals surface area contributed by atoms with Crippen LogP contribution in [0.4, 0.5) is 0 Å². The highest BCUT2D eigenvalue weighted by Crippen LogP contribution is 2.32. The van der Waals surface area contributed by atoms with Gasteiger partial charge in [-0.05, 0) is 63.7 Å². The lowest BCUT2D eigenvalue weighted by atomic mass is 9.88. The summed E-state index contributed by atoms with van der Waals surface area (Å²) in [5, 5.41) is 21.1. The van der Waals surface area contributed by atoms with Gasteiger partial charge in [-0.3, -0.25) is 28.5 Å². The molecule has 11 heteroatoms. The average Bonchev–Trinajstić information content (AvgIpc) is 3.19. The number of rotatable bonds is 12. The Morgan fingerprint density at radius 1 is 0.545 bits per heavy atom. The second-order valence-electron chi connectivity index (χ2n) is 14.6. The quantitative estimate of drug-likeness (QED) is 0.0828. The van der Waals surface area contributed by atoms with Crippen molar-refractivity contribution in [3.63, 3.8) is 0 Å². The number of likely N-dealkylation sites (tertiary alicyclic amines) is 2. The fraction of sp³-hybridized carbons (Fsp3) is 0.409. The van der Waals surface area contributed by atoms with E-state index in [1.807, 2.05) is 121 Å². The van der Waals surface area contributed by atoms with Crippen LogP contribution in [0, 0.1) is 0 Å². The van der Waals surface area contributed by atoms with Gasteiger partial charge >= 0.3 is 10.4 Å². The molecule has 0 aromatic heterocycles. The fourth-order valence-electron chi connectivity index (χ4n) is 7.70. The summed E-state index contributed by atoms with van der Waals surface area (Å²) in [6.45, 7) is 0. The van der Waals surface area contributed by atoms with Crippen molar-refractivity contribution in [2.45, 2.75) is 101 Å². The van der Waals surface area contributed by atoms with E-state index in [2.05, 4.69) is 23.9 Å². The van der Waals surface area contributed by atoms with E-state index in [-0.39, 0.29) is 23.7 Å². The highest BCUT2D eigenvalue weighted by Gasteiger charge is 2.32. The SMILES string of the molecule is CN1C(CC(=O)c2ccccc2)CCCC1CC(O)c1ccccc1.CN1C(CC(=O)c2ccccc2)CCCC1CC(O)c1ccccc1.O=S(=O)(O)O. The Morgan fingerprint density at radius 2 is 0.818 bits per heavy atom. The summed E-state index contributed by atoms with van der Waals surface area (Å²) in [7, 11) is -0.463. The number of Topliss-reactive ketones (excluding diaryl/α,β-unsaturated/α-hetero) is 2. The number of hydrogen-bond acceptors (Lipinski definition) is 8. The van der Waals surface area contributed by atoms with E-state index in [9.17, 15) is 19.8 Å². The number of piperidine rings is 2. The maximum absolute atomic E-state index is 12.5. The van der Waals surface area contributed by atoms with Gasteiger partial charge in [0.2, 0.25) is 0 Å². The molecule has 2 fully saturated rings. The van der Waals surface area contributed by atoms with Gasteiger partial charge in [-0.1, -0.05) is 134 Å². The van der Waals surface area contributed by atoms with Crippen LogP contribution in [-0.4, -0.2) is 87.4 Å². The molecule has 296 valence electrons. The van der Waals surface area contributed by atoms with Gasteiger partial charge in [0.1, 0.15) is 0 Å². The summed E-state index contributed by atoms with van der Waals surface area (Å²) < 4.78 is 31.6. The lowest BCUT2D eigenvalue weighted by Crippen LogP contribution is -2.45. The maximum atomic E-state index is 12.5. The van der Waals surface area contributed by atoms with E-state index in [0.29, 0.717) is 24.9 Å². The molecule has 10 nitrogen and oxygen atoms in total. The van der Waals surface area contributed by atoms with Crippen LogP contribution < -0.4 is 0 Å². The number of ketones is 2. The molecule has 2 aliphatic heterocycles. The maximum Gasteiger partial charge on any atom is 0.394 e. The van der Waals surface area contributed by atoms with Crippen molar-refractivity contribution in [1.82, 2.24) is 9.80 Å². The fourth-order valence-corrected chi connectivity index (χ4v) is 7.70. The summed E-state index contributed by atoms with van der Waals surface area (Å²) in [6.07, 6.45) is 8.14. The molecule has 0 bridgehead atoms. The summed E-state index contributed by atoms with van der Waals surface area (Å²) in [5.41, 5.74) is 3.53. The first-order chi connectivity index (χ1) is 26.3. The van der Waals surface area contributed by atoms with Gasteiger partial charge in [-0.2, -0.15) is 8.42 Å². The van der Waals surface area contributed by atoms with E-state index in [4.69, 9.17) is 17.5 Å². The molecule has 6 unspecified atom stereocenters. The van der Waals surface area contributed by atoms with Gasteiger partial charge in [0.15, 0.2) is 11.6 Å². The first-order valence-corrected chi connectivity index (χ1v) is 20.5. The number of hydrogen-bond donors (Lipinski definition) is 4. The van der Waals surface area contributed by atoms with Crippen molar-refractivity contribution in [2.75, 3.05) is 14.1 Å². The van der Waals surface area contributed by atoms with Crippen molar-refractivity contribution in [1.29, 1.82) is 0 Å². The number of aliphatic hydroxyl groups is 2. The zero-order chi connectivity index (χ0) is 39.8. The first kappa shape index (κ1) is 43.7. The average molecular weight is 773 g/mol. The highest BCUT2D eigenvalue weighted by atomic mass is 32.3. The topological polar surface area (TPSA) is 156 Å². The predicted octanol–water partition coefficient (Wildman–Crippen LogP) is 7.82. The highest BCUT2D eigenvalue weighted by molar-refractivity contribution is 7.79. The second kappa shape index (κ2) is 21.9. The van der Waals surface area contributed by atoms with E-state index in [1.165, 1.54) is 0 Å². The molecule has 6 atom stereocenters. The third-order valence-corrected chi connectivity index (χ3v) is 10.8. The van der Waals surface area contributed by atoms with Crippen LogP contribution in [0.3, 0.4) is 0 Å². The lowest BCUT2D eigenvalue weighted by Gasteiger charge is -2.40. The Hall–Kier alpha value is -4.07. The molecule has 0 aliphatic carbocycles. The minimum absolute atomic E-state index is 0.210. The molecule has 4 N–H and O–H groups in total. The predicted molar refractivity (Wildman–Crippen MR) is 215 cm³/mol. The Balaban J connectivity index is 0.000000218. The minimum Gasteiger partial charge on any atom is -0.388 e. The molecule has 2 aliphatic rings. The number of benzene rings is 4. The van der Waals surface area contributed by atoms with Crippen molar-refractivity contribution in [3.8, 4) is 0 Å². The molecule has 4 aromatic rings. The zero-order valence-corrected chi connectivity index (χ0v) is 32.6. The van der Waals surface area contributed by atoms with Crippen LogP contribution in [-0.2, 0) is 10.4 Å². The number of aliphatic hydroxyl groups excluding tert-OH is 2. The number of carbonyl (C=O) groups is 2. The Bertz CT molecular complexity index is 1700. The monoisotopic (exact) mass is 772 g/mol. The number of nitrogens with zero attached hydrogens (tertiary/aromatic N) is 2. The second-order valence-corrected chi connectivity index (χ2v) is 15.5. The largest absolute Gasteiger partial charge is 0.394 e. The number of carbonyl (C=O) groups excluding carboxylic acids is 2. The first-order valence-electron chi connectivity index (χ1n) is 19.1. The van der Waals surface area contributed by atoms with Gasteiger partial charge in [0.25, 0.3) is 0 Å². The van der Waals surface area contributed by atoms with Crippen LogP contribution in [0.25, 0.3) is 0 Å². The van der Waals surface area contributed by atoms with Gasteiger partial charge in [0.05, 0.1) is 12.2 Å². The van der Waals surface area contributed by atoms with Crippen molar-refractivity contribution < 1.29 is 37.3 Å². The van der Waals surface area contributed by atoms with Gasteiger partial charge < -0.3 is 10.2 Å². The normalized spacial score (nSPS) is 21.5. The van der Waals surface area contributed by atoms with E-state index >= 15 is 0 Å². The molecule has 0 spiro atoms. The van der Waals surface area contributed by atoms with Gasteiger partial charge in [0, 0.05) is 48.1 Å². The molecule has 2 heterocycles. The third-order valence-electron chi connectivity index (χ3n) is 10.8. The Labute approximate surface area is 326 Å². The minimum atomic E-state index is -4.67. The molecule has 0 amide bonds. The van der Waals surface area contributed by atoms with Crippen molar-refractivity contribution in [3.05, 3.63) is 144 Å². The molecule has 6 rings (SSSR count). The molecule has 4 aromatic carbocycles. The lowest BCUT2D eigenvalue weighted by molar-refractivity contribution is 0.0543. The smallest absolute Gasteiger partial charge is 0.388 e. The van der Waals surface area contributed by atoms with Crippen LogP contribution in [0.2, 0.25) is 0 Å². The van der Waals surface area contributed by atoms with Crippen LogP contribution in [0.5, 0.6) is 0 Å².